The van der Waals surface area contributed by atoms with Crippen molar-refractivity contribution in [3.63, 3.8) is 0 Å². The summed E-state index contributed by atoms with van der Waals surface area (Å²) in [6, 6.07) is 7.01. The molecule has 0 aliphatic carbocycles. The van der Waals surface area contributed by atoms with Crippen LogP contribution in [-0.2, 0) is 14.8 Å². The van der Waals surface area contributed by atoms with Crippen molar-refractivity contribution in [2.75, 3.05) is 46.3 Å². The third-order valence-electron chi connectivity index (χ3n) is 5.25. The van der Waals surface area contributed by atoms with Crippen LogP contribution in [-0.4, -0.2) is 74.7 Å². The lowest BCUT2D eigenvalue weighted by atomic mass is 9.96. The van der Waals surface area contributed by atoms with Crippen molar-refractivity contribution in [2.45, 2.75) is 24.7 Å². The van der Waals surface area contributed by atoms with Gasteiger partial charge in [-0.25, -0.2) is 8.42 Å². The van der Waals surface area contributed by atoms with Gasteiger partial charge < -0.3 is 9.80 Å². The van der Waals surface area contributed by atoms with Gasteiger partial charge in [-0.2, -0.15) is 4.31 Å². The number of nitrogens with zero attached hydrogens (tertiary/aromatic N) is 3. The molecule has 25 heavy (non-hydrogen) atoms. The molecule has 2 saturated heterocycles. The zero-order chi connectivity index (χ0) is 18.0. The molecule has 0 N–H and O–H groups in total. The number of hydrogen-bond acceptors (Lipinski definition) is 4. The van der Waals surface area contributed by atoms with Crippen LogP contribution < -0.4 is 0 Å². The van der Waals surface area contributed by atoms with Gasteiger partial charge in [-0.1, -0.05) is 12.1 Å². The van der Waals surface area contributed by atoms with E-state index in [0.29, 0.717) is 30.8 Å². The third-order valence-corrected chi connectivity index (χ3v) is 7.14. The highest BCUT2D eigenvalue weighted by Gasteiger charge is 2.34. The number of carbonyl (C=O) groups is 1. The van der Waals surface area contributed by atoms with Crippen LogP contribution in [0.25, 0.3) is 0 Å². The Morgan fingerprint density at radius 3 is 2.28 bits per heavy atom. The summed E-state index contributed by atoms with van der Waals surface area (Å²) >= 11 is 0. The Kier molecular flexibility index (Phi) is 5.46. The number of piperazine rings is 1. The smallest absolute Gasteiger partial charge is 0.243 e. The minimum atomic E-state index is -3.46. The van der Waals surface area contributed by atoms with E-state index in [1.165, 1.54) is 4.31 Å². The van der Waals surface area contributed by atoms with Crippen LogP contribution in [0.1, 0.15) is 18.4 Å². The Labute approximate surface area is 150 Å². The Morgan fingerprint density at radius 2 is 1.68 bits per heavy atom. The number of rotatable bonds is 3. The van der Waals surface area contributed by atoms with E-state index in [4.69, 9.17) is 0 Å². The summed E-state index contributed by atoms with van der Waals surface area (Å²) < 4.78 is 27.1. The molecule has 2 fully saturated rings. The summed E-state index contributed by atoms with van der Waals surface area (Å²) in [7, 11) is -1.40. The van der Waals surface area contributed by atoms with Gasteiger partial charge in [-0.3, -0.25) is 4.79 Å². The lowest BCUT2D eigenvalue weighted by molar-refractivity contribution is -0.138. The highest BCUT2D eigenvalue weighted by molar-refractivity contribution is 7.89. The molecule has 1 aromatic carbocycles. The van der Waals surface area contributed by atoms with E-state index < -0.39 is 10.0 Å². The topological polar surface area (TPSA) is 60.9 Å². The number of amides is 1. The standard InChI is InChI=1S/C18H27N3O3S/c1-15-4-3-5-17(14-15)25(23,24)21-8-6-16(7-9-21)18(22)20-12-10-19(2)11-13-20/h3-5,14,16H,6-13H2,1-2H3. The summed E-state index contributed by atoms with van der Waals surface area (Å²) in [6.45, 7) is 6.09. The maximum absolute atomic E-state index is 12.8. The average Bonchev–Trinajstić information content (AvgIpc) is 2.62. The van der Waals surface area contributed by atoms with Gasteiger partial charge in [0.05, 0.1) is 4.90 Å². The summed E-state index contributed by atoms with van der Waals surface area (Å²) in [5.74, 6) is 0.146. The van der Waals surface area contributed by atoms with E-state index in [-0.39, 0.29) is 11.8 Å². The van der Waals surface area contributed by atoms with E-state index in [2.05, 4.69) is 11.9 Å². The molecule has 1 aromatic rings. The molecule has 2 aliphatic rings. The van der Waals surface area contributed by atoms with Crippen LogP contribution >= 0.6 is 0 Å². The minimum absolute atomic E-state index is 0.0487. The fourth-order valence-corrected chi connectivity index (χ4v) is 5.13. The van der Waals surface area contributed by atoms with Gasteiger partial charge in [0.1, 0.15) is 0 Å². The zero-order valence-electron chi connectivity index (χ0n) is 15.0. The molecule has 2 aliphatic heterocycles. The monoisotopic (exact) mass is 365 g/mol. The molecule has 3 rings (SSSR count). The molecule has 0 saturated carbocycles. The van der Waals surface area contributed by atoms with Crippen molar-refractivity contribution in [1.82, 2.24) is 14.1 Å². The van der Waals surface area contributed by atoms with E-state index in [0.717, 1.165) is 31.7 Å². The minimum Gasteiger partial charge on any atom is -0.340 e. The van der Waals surface area contributed by atoms with Crippen molar-refractivity contribution >= 4 is 15.9 Å². The number of hydrogen-bond donors (Lipinski definition) is 0. The van der Waals surface area contributed by atoms with Crippen LogP contribution in [0.5, 0.6) is 0 Å². The molecule has 6 nitrogen and oxygen atoms in total. The lowest BCUT2D eigenvalue weighted by Crippen LogP contribution is -2.50. The summed E-state index contributed by atoms with van der Waals surface area (Å²) in [5.41, 5.74) is 0.932. The molecule has 0 bridgehead atoms. The first-order valence-electron chi connectivity index (χ1n) is 8.92. The second-order valence-corrected chi connectivity index (χ2v) is 9.06. The van der Waals surface area contributed by atoms with Crippen LogP contribution in [0.2, 0.25) is 0 Å². The molecule has 7 heteroatoms. The fourth-order valence-electron chi connectivity index (χ4n) is 3.55. The molecular weight excluding hydrogens is 338 g/mol. The molecule has 138 valence electrons. The van der Waals surface area contributed by atoms with Gasteiger partial charge in [-0.15, -0.1) is 0 Å². The number of carbonyl (C=O) groups excluding carboxylic acids is 1. The first-order valence-corrected chi connectivity index (χ1v) is 10.4. The molecule has 0 atom stereocenters. The van der Waals surface area contributed by atoms with E-state index in [1.807, 2.05) is 17.9 Å². The number of sulfonamides is 1. The van der Waals surface area contributed by atoms with Crippen molar-refractivity contribution in [1.29, 1.82) is 0 Å². The summed E-state index contributed by atoms with van der Waals surface area (Å²) in [5, 5.41) is 0. The van der Waals surface area contributed by atoms with Gasteiger partial charge in [0, 0.05) is 45.2 Å². The van der Waals surface area contributed by atoms with Crippen molar-refractivity contribution in [3.05, 3.63) is 29.8 Å². The van der Waals surface area contributed by atoms with Crippen molar-refractivity contribution < 1.29 is 13.2 Å². The first-order chi connectivity index (χ1) is 11.9. The predicted octanol–water partition coefficient (Wildman–Crippen LogP) is 1.17. The van der Waals surface area contributed by atoms with Gasteiger partial charge >= 0.3 is 0 Å². The molecule has 0 unspecified atom stereocenters. The summed E-state index contributed by atoms with van der Waals surface area (Å²) in [4.78, 5) is 17.2. The van der Waals surface area contributed by atoms with Crippen molar-refractivity contribution in [2.24, 2.45) is 5.92 Å². The third kappa shape index (κ3) is 4.04. The Bertz CT molecular complexity index is 719. The molecular formula is C18H27N3O3S. The molecule has 0 aromatic heterocycles. The highest BCUT2D eigenvalue weighted by Crippen LogP contribution is 2.25. The maximum Gasteiger partial charge on any atom is 0.243 e. The molecule has 1 amide bonds. The van der Waals surface area contributed by atoms with Crippen LogP contribution in [0.3, 0.4) is 0 Å². The number of piperidine rings is 1. The Morgan fingerprint density at radius 1 is 1.04 bits per heavy atom. The number of aryl methyl sites for hydroxylation is 1. The Hall–Kier alpha value is -1.44. The van der Waals surface area contributed by atoms with Gasteiger partial charge in [0.15, 0.2) is 0 Å². The largest absolute Gasteiger partial charge is 0.340 e. The molecule has 0 spiro atoms. The SMILES string of the molecule is Cc1cccc(S(=O)(=O)N2CCC(C(=O)N3CCN(C)CC3)CC2)c1. The second kappa shape index (κ2) is 7.43. The first kappa shape index (κ1) is 18.4. The van der Waals surface area contributed by atoms with Gasteiger partial charge in [0.25, 0.3) is 0 Å². The second-order valence-electron chi connectivity index (χ2n) is 7.12. The summed E-state index contributed by atoms with van der Waals surface area (Å²) in [6.07, 6.45) is 1.21. The fraction of sp³-hybridized carbons (Fsp3) is 0.611. The van der Waals surface area contributed by atoms with Gasteiger partial charge in [0.2, 0.25) is 15.9 Å². The predicted molar refractivity (Wildman–Crippen MR) is 96.7 cm³/mol. The number of likely N-dealkylation sites (N-methyl/N-ethyl adjacent to an activating group) is 1. The molecule has 0 radical (unpaired) electrons. The van der Waals surface area contributed by atoms with Crippen LogP contribution in [0.4, 0.5) is 0 Å². The zero-order valence-corrected chi connectivity index (χ0v) is 15.8. The van der Waals surface area contributed by atoms with Gasteiger partial charge in [-0.05, 0) is 44.5 Å². The average molecular weight is 365 g/mol. The Balaban J connectivity index is 1.61. The highest BCUT2D eigenvalue weighted by atomic mass is 32.2. The molecule has 2 heterocycles. The van der Waals surface area contributed by atoms with E-state index in [9.17, 15) is 13.2 Å². The maximum atomic E-state index is 12.8. The lowest BCUT2D eigenvalue weighted by Gasteiger charge is -2.37. The van der Waals surface area contributed by atoms with Crippen molar-refractivity contribution in [3.8, 4) is 0 Å². The normalized spacial score (nSPS) is 21.4. The van der Waals surface area contributed by atoms with Crippen LogP contribution in [0, 0.1) is 12.8 Å². The van der Waals surface area contributed by atoms with Crippen LogP contribution in [0.15, 0.2) is 29.2 Å². The van der Waals surface area contributed by atoms with E-state index in [1.54, 1.807) is 18.2 Å². The quantitative estimate of drug-likeness (QED) is 0.807. The van der Waals surface area contributed by atoms with E-state index >= 15 is 0 Å². The number of benzene rings is 1.